The molecule has 30 heavy (non-hydrogen) atoms. The standard InChI is InChI=1S/C24H38N4O2/c1-18-11-15-28-20(17-25-19(2)10-9-12-24(3,4)30)22(26-21(28)16-18)23(29)27-13-7-5-6-8-14-27/h11,15-16,19,25,30H,5-10,12-14,17H2,1-4H3/t19-/m1/s1. The fourth-order valence-electron chi connectivity index (χ4n) is 4.17. The zero-order valence-electron chi connectivity index (χ0n) is 19.1. The molecule has 0 aliphatic carbocycles. The molecule has 6 heteroatoms. The van der Waals surface area contributed by atoms with E-state index >= 15 is 0 Å². The van der Waals surface area contributed by atoms with Crippen LogP contribution >= 0.6 is 0 Å². The molecule has 1 amide bonds. The number of likely N-dealkylation sites (tertiary alicyclic amines) is 1. The van der Waals surface area contributed by atoms with Crippen LogP contribution in [0.1, 0.15) is 87.5 Å². The summed E-state index contributed by atoms with van der Waals surface area (Å²) in [7, 11) is 0. The number of pyridine rings is 1. The van der Waals surface area contributed by atoms with Gasteiger partial charge in [0.1, 0.15) is 5.65 Å². The molecule has 1 fully saturated rings. The van der Waals surface area contributed by atoms with E-state index in [2.05, 4.69) is 22.7 Å². The molecule has 1 aliphatic rings. The van der Waals surface area contributed by atoms with Gasteiger partial charge in [0.2, 0.25) is 0 Å². The number of aryl methyl sites for hydroxylation is 1. The second-order valence-electron chi connectivity index (χ2n) is 9.53. The van der Waals surface area contributed by atoms with Gasteiger partial charge < -0.3 is 19.7 Å². The van der Waals surface area contributed by atoms with E-state index in [0.29, 0.717) is 18.3 Å². The number of hydrogen-bond donors (Lipinski definition) is 2. The number of carbonyl (C=O) groups is 1. The van der Waals surface area contributed by atoms with Crippen molar-refractivity contribution in [2.24, 2.45) is 0 Å². The average Bonchev–Trinajstić information content (AvgIpc) is 2.84. The highest BCUT2D eigenvalue weighted by molar-refractivity contribution is 5.94. The van der Waals surface area contributed by atoms with Crippen LogP contribution in [-0.4, -0.2) is 50.0 Å². The van der Waals surface area contributed by atoms with Gasteiger partial charge in [0.25, 0.3) is 5.91 Å². The van der Waals surface area contributed by atoms with Crippen LogP contribution in [-0.2, 0) is 6.54 Å². The molecule has 0 aromatic carbocycles. The molecule has 0 unspecified atom stereocenters. The van der Waals surface area contributed by atoms with E-state index in [0.717, 1.165) is 62.1 Å². The number of carbonyl (C=O) groups excluding carboxylic acids is 1. The molecule has 0 saturated carbocycles. The predicted molar refractivity (Wildman–Crippen MR) is 121 cm³/mol. The Hall–Kier alpha value is -1.92. The van der Waals surface area contributed by atoms with Crippen LogP contribution in [0.25, 0.3) is 5.65 Å². The average molecular weight is 415 g/mol. The maximum Gasteiger partial charge on any atom is 0.274 e. The molecule has 3 rings (SSSR count). The lowest BCUT2D eigenvalue weighted by Crippen LogP contribution is -2.34. The summed E-state index contributed by atoms with van der Waals surface area (Å²) >= 11 is 0. The topological polar surface area (TPSA) is 69.9 Å². The van der Waals surface area contributed by atoms with Crippen molar-refractivity contribution in [1.82, 2.24) is 19.6 Å². The van der Waals surface area contributed by atoms with Crippen molar-refractivity contribution in [2.45, 2.75) is 90.8 Å². The van der Waals surface area contributed by atoms with Crippen LogP contribution < -0.4 is 5.32 Å². The molecular formula is C24H38N4O2. The van der Waals surface area contributed by atoms with Gasteiger partial charge >= 0.3 is 0 Å². The second kappa shape index (κ2) is 9.92. The summed E-state index contributed by atoms with van der Waals surface area (Å²) in [6, 6.07) is 4.39. The summed E-state index contributed by atoms with van der Waals surface area (Å²) in [5.41, 5.74) is 2.87. The number of hydrogen-bond acceptors (Lipinski definition) is 4. The van der Waals surface area contributed by atoms with Gasteiger partial charge in [-0.3, -0.25) is 4.79 Å². The van der Waals surface area contributed by atoms with Crippen molar-refractivity contribution >= 4 is 11.6 Å². The third-order valence-corrected chi connectivity index (χ3v) is 6.02. The first-order chi connectivity index (χ1) is 14.2. The molecule has 1 saturated heterocycles. The highest BCUT2D eigenvalue weighted by atomic mass is 16.3. The van der Waals surface area contributed by atoms with E-state index in [1.54, 1.807) is 0 Å². The van der Waals surface area contributed by atoms with E-state index in [1.807, 2.05) is 37.9 Å². The SMILES string of the molecule is Cc1ccn2c(CN[C@H](C)CCCC(C)(C)O)c(C(=O)N3CCCCCC3)nc2c1. The zero-order chi connectivity index (χ0) is 21.7. The number of imidazole rings is 1. The van der Waals surface area contributed by atoms with Gasteiger partial charge in [0.15, 0.2) is 5.69 Å². The minimum Gasteiger partial charge on any atom is -0.390 e. The first kappa shape index (κ1) is 22.8. The molecule has 0 radical (unpaired) electrons. The van der Waals surface area contributed by atoms with Crippen LogP contribution in [0, 0.1) is 6.92 Å². The quantitative estimate of drug-likeness (QED) is 0.683. The Morgan fingerprint density at radius 2 is 1.97 bits per heavy atom. The van der Waals surface area contributed by atoms with Crippen LogP contribution in [0.4, 0.5) is 0 Å². The van der Waals surface area contributed by atoms with Crippen LogP contribution in [0.2, 0.25) is 0 Å². The Morgan fingerprint density at radius 1 is 1.27 bits per heavy atom. The van der Waals surface area contributed by atoms with E-state index in [1.165, 1.54) is 12.8 Å². The summed E-state index contributed by atoms with van der Waals surface area (Å²) < 4.78 is 2.05. The van der Waals surface area contributed by atoms with Crippen LogP contribution in [0.15, 0.2) is 18.3 Å². The molecule has 0 spiro atoms. The smallest absolute Gasteiger partial charge is 0.274 e. The van der Waals surface area contributed by atoms with E-state index in [-0.39, 0.29) is 5.91 Å². The fraction of sp³-hybridized carbons (Fsp3) is 0.667. The normalized spacial score (nSPS) is 16.6. The lowest BCUT2D eigenvalue weighted by Gasteiger charge is -2.21. The highest BCUT2D eigenvalue weighted by Crippen LogP contribution is 2.19. The molecule has 6 nitrogen and oxygen atoms in total. The third kappa shape index (κ3) is 6.05. The van der Waals surface area contributed by atoms with Gasteiger partial charge in [0, 0.05) is 31.9 Å². The first-order valence-electron chi connectivity index (χ1n) is 11.5. The molecule has 1 atom stereocenters. The Balaban J connectivity index is 1.76. The Labute approximate surface area is 180 Å². The van der Waals surface area contributed by atoms with Gasteiger partial charge in [-0.2, -0.15) is 0 Å². The summed E-state index contributed by atoms with van der Waals surface area (Å²) in [6.07, 6.45) is 9.29. The van der Waals surface area contributed by atoms with Crippen molar-refractivity contribution in [3.63, 3.8) is 0 Å². The number of aromatic nitrogens is 2. The molecule has 3 heterocycles. The van der Waals surface area contributed by atoms with E-state index in [9.17, 15) is 9.90 Å². The Bertz CT molecular complexity index is 845. The van der Waals surface area contributed by atoms with Gasteiger partial charge in [-0.15, -0.1) is 0 Å². The lowest BCUT2D eigenvalue weighted by molar-refractivity contribution is 0.0674. The summed E-state index contributed by atoms with van der Waals surface area (Å²) in [5.74, 6) is 0.0599. The summed E-state index contributed by atoms with van der Waals surface area (Å²) in [5, 5.41) is 13.5. The first-order valence-corrected chi connectivity index (χ1v) is 11.5. The molecule has 1 aliphatic heterocycles. The maximum atomic E-state index is 13.3. The lowest BCUT2D eigenvalue weighted by atomic mass is 10.00. The number of rotatable bonds is 8. The highest BCUT2D eigenvalue weighted by Gasteiger charge is 2.25. The number of nitrogens with zero attached hydrogens (tertiary/aromatic N) is 3. The van der Waals surface area contributed by atoms with Crippen molar-refractivity contribution in [3.8, 4) is 0 Å². The van der Waals surface area contributed by atoms with Crippen molar-refractivity contribution in [3.05, 3.63) is 35.3 Å². The zero-order valence-corrected chi connectivity index (χ0v) is 19.1. The monoisotopic (exact) mass is 414 g/mol. The molecule has 166 valence electrons. The maximum absolute atomic E-state index is 13.3. The van der Waals surface area contributed by atoms with Gasteiger partial charge in [-0.25, -0.2) is 4.98 Å². The number of amides is 1. The van der Waals surface area contributed by atoms with Crippen molar-refractivity contribution in [1.29, 1.82) is 0 Å². The van der Waals surface area contributed by atoms with Gasteiger partial charge in [-0.05, 0) is 77.5 Å². The molecular weight excluding hydrogens is 376 g/mol. The largest absolute Gasteiger partial charge is 0.390 e. The van der Waals surface area contributed by atoms with Gasteiger partial charge in [0.05, 0.1) is 11.3 Å². The predicted octanol–water partition coefficient (Wildman–Crippen LogP) is 4.08. The number of fused-ring (bicyclic) bond motifs is 1. The molecule has 2 aromatic rings. The fourth-order valence-corrected chi connectivity index (χ4v) is 4.17. The minimum absolute atomic E-state index is 0.0599. The minimum atomic E-state index is -0.619. The van der Waals surface area contributed by atoms with Crippen LogP contribution in [0.5, 0.6) is 0 Å². The van der Waals surface area contributed by atoms with Gasteiger partial charge in [-0.1, -0.05) is 12.8 Å². The summed E-state index contributed by atoms with van der Waals surface area (Å²) in [6.45, 7) is 10.2. The van der Waals surface area contributed by atoms with Crippen molar-refractivity contribution < 1.29 is 9.90 Å². The van der Waals surface area contributed by atoms with Crippen LogP contribution in [0.3, 0.4) is 0 Å². The third-order valence-electron chi connectivity index (χ3n) is 6.02. The van der Waals surface area contributed by atoms with Crippen molar-refractivity contribution in [2.75, 3.05) is 13.1 Å². The summed E-state index contributed by atoms with van der Waals surface area (Å²) in [4.78, 5) is 20.1. The second-order valence-corrected chi connectivity index (χ2v) is 9.53. The number of nitrogens with one attached hydrogen (secondary N) is 1. The number of aliphatic hydroxyl groups is 1. The van der Waals surface area contributed by atoms with E-state index in [4.69, 9.17) is 4.98 Å². The Morgan fingerprint density at radius 3 is 2.63 bits per heavy atom. The molecule has 2 aromatic heterocycles. The van der Waals surface area contributed by atoms with E-state index < -0.39 is 5.60 Å². The molecule has 2 N–H and O–H groups in total. The Kier molecular flexibility index (Phi) is 7.53. The molecule has 0 bridgehead atoms.